The summed E-state index contributed by atoms with van der Waals surface area (Å²) in [6, 6.07) is 43.8. The van der Waals surface area contributed by atoms with E-state index in [-0.39, 0.29) is 76.3 Å². The smallest absolute Gasteiger partial charge is 0.392 e. The first-order valence-corrected chi connectivity index (χ1v) is 17.7. The average molecular weight is 728 g/mol. The molecule has 1 heterocycles. The van der Waals surface area contributed by atoms with Crippen LogP contribution in [0.4, 0.5) is 0 Å². The van der Waals surface area contributed by atoms with E-state index in [1.54, 1.807) is 0 Å². The van der Waals surface area contributed by atoms with Crippen molar-refractivity contribution in [3.8, 4) is 0 Å². The third-order valence-corrected chi connectivity index (χ3v) is 9.66. The molecule has 260 valence electrons. The SMILES string of the molecule is [CH2-]Cc1[c-]cc(Cc2cc(C3OC(C(C)OCc4ccccc4)CC(OCc4ccccc4)[C@H]3OCc3ccccc3)c(CO)cc2Cl)cc1.[K+]. The van der Waals surface area contributed by atoms with Crippen LogP contribution in [0, 0.1) is 13.0 Å². The van der Waals surface area contributed by atoms with Crippen LogP contribution in [-0.2, 0) is 58.2 Å². The molecule has 0 saturated carbocycles. The Morgan fingerprint density at radius 2 is 1.41 bits per heavy atom. The van der Waals surface area contributed by atoms with Gasteiger partial charge in [0.05, 0.1) is 44.7 Å². The summed E-state index contributed by atoms with van der Waals surface area (Å²) in [5.41, 5.74) is 7.81. The van der Waals surface area contributed by atoms with Crippen LogP contribution >= 0.6 is 11.6 Å². The molecule has 5 atom stereocenters. The summed E-state index contributed by atoms with van der Waals surface area (Å²) in [7, 11) is 0. The third kappa shape index (κ3) is 11.2. The van der Waals surface area contributed by atoms with Crippen LogP contribution in [0.3, 0.4) is 0 Å². The van der Waals surface area contributed by atoms with Gasteiger partial charge in [0.1, 0.15) is 12.2 Å². The third-order valence-electron chi connectivity index (χ3n) is 9.31. The normalized spacial score (nSPS) is 19.3. The Labute approximate surface area is 350 Å². The zero-order valence-corrected chi connectivity index (χ0v) is 33.4. The Bertz CT molecular complexity index is 1750. The maximum Gasteiger partial charge on any atom is 1.00 e. The fourth-order valence-corrected chi connectivity index (χ4v) is 6.69. The topological polar surface area (TPSA) is 57.2 Å². The second-order valence-corrected chi connectivity index (χ2v) is 13.3. The van der Waals surface area contributed by atoms with Gasteiger partial charge in [-0.1, -0.05) is 109 Å². The van der Waals surface area contributed by atoms with Crippen molar-refractivity contribution in [3.63, 3.8) is 0 Å². The van der Waals surface area contributed by atoms with E-state index in [1.165, 1.54) is 0 Å². The van der Waals surface area contributed by atoms with Crippen molar-refractivity contribution in [2.75, 3.05) is 0 Å². The number of halogens is 1. The Morgan fingerprint density at radius 1 is 0.804 bits per heavy atom. The molecule has 4 unspecified atom stereocenters. The Balaban J connectivity index is 0.00000504. The van der Waals surface area contributed by atoms with Gasteiger partial charge in [-0.2, -0.15) is 41.8 Å². The Morgan fingerprint density at radius 3 is 1.98 bits per heavy atom. The number of benzene rings is 5. The van der Waals surface area contributed by atoms with Gasteiger partial charge in [-0.05, 0) is 52.8 Å². The number of hydrogen-bond donors (Lipinski definition) is 1. The summed E-state index contributed by atoms with van der Waals surface area (Å²) in [6.07, 6.45) is -0.0922. The predicted molar refractivity (Wildman–Crippen MR) is 197 cm³/mol. The standard InChI is InChI=1S/C44H45ClO5.K/c1-3-32-19-21-33(22-20-32)23-37-24-39(38(27-46)25-40(37)45)43-44(49-30-36-17-11-6-12-18-36)42(48-29-35-15-9-5-10-16-35)26-41(50-43)31(2)47-28-34-13-7-4-8-14-34;/h4-19,21-22,24-25,31,41-44,46H,1,3,23,26-30H2,2H3;/q-2;+1/t31?,41?,42?,43?,44-;/m1./s1. The van der Waals surface area contributed by atoms with Gasteiger partial charge in [-0.15, -0.1) is 0 Å². The second kappa shape index (κ2) is 20.3. The molecule has 0 amide bonds. The van der Waals surface area contributed by atoms with Crippen LogP contribution in [0.15, 0.2) is 121 Å². The van der Waals surface area contributed by atoms with E-state index in [0.717, 1.165) is 38.9 Å². The molecule has 0 radical (unpaired) electrons. The van der Waals surface area contributed by atoms with Crippen LogP contribution < -0.4 is 51.4 Å². The van der Waals surface area contributed by atoms with Crippen molar-refractivity contribution in [2.45, 2.75) is 83.1 Å². The van der Waals surface area contributed by atoms with Gasteiger partial charge in [0, 0.05) is 11.4 Å². The van der Waals surface area contributed by atoms with E-state index < -0.39 is 12.2 Å². The molecule has 0 spiro atoms. The molecule has 5 nitrogen and oxygen atoms in total. The van der Waals surface area contributed by atoms with E-state index in [2.05, 4.69) is 68.4 Å². The molecule has 0 aromatic heterocycles. The first kappa shape index (κ1) is 40.0. The minimum Gasteiger partial charge on any atom is -0.392 e. The van der Waals surface area contributed by atoms with Gasteiger partial charge < -0.3 is 31.0 Å². The minimum absolute atomic E-state index is 0. The zero-order chi connectivity index (χ0) is 34.7. The molecule has 5 aromatic carbocycles. The quantitative estimate of drug-likeness (QED) is 0.103. The molecule has 1 N–H and O–H groups in total. The van der Waals surface area contributed by atoms with Crippen molar-refractivity contribution >= 4 is 11.6 Å². The largest absolute Gasteiger partial charge is 1.00 e. The van der Waals surface area contributed by atoms with E-state index in [1.807, 2.05) is 72.8 Å². The summed E-state index contributed by atoms with van der Waals surface area (Å²) in [5.74, 6) is 0. The van der Waals surface area contributed by atoms with E-state index in [4.69, 9.17) is 30.5 Å². The number of rotatable bonds is 15. The van der Waals surface area contributed by atoms with Crippen molar-refractivity contribution in [1.29, 1.82) is 0 Å². The van der Waals surface area contributed by atoms with Gasteiger partial charge in [0.2, 0.25) is 0 Å². The van der Waals surface area contributed by atoms with Gasteiger partial charge in [0.25, 0.3) is 0 Å². The summed E-state index contributed by atoms with van der Waals surface area (Å²) in [5, 5.41) is 11.3. The van der Waals surface area contributed by atoms with Crippen LogP contribution in [0.25, 0.3) is 0 Å². The monoisotopic (exact) mass is 727 g/mol. The van der Waals surface area contributed by atoms with Crippen molar-refractivity contribution < 1.29 is 75.4 Å². The molecule has 1 saturated heterocycles. The maximum absolute atomic E-state index is 10.7. The van der Waals surface area contributed by atoms with Crippen molar-refractivity contribution in [3.05, 3.63) is 184 Å². The predicted octanol–water partition coefficient (Wildman–Crippen LogP) is 6.21. The molecule has 1 aliphatic heterocycles. The van der Waals surface area contributed by atoms with Crippen LogP contribution in [0.1, 0.15) is 64.0 Å². The number of aliphatic hydroxyl groups is 1. The molecule has 5 aromatic rings. The molecular weight excluding hydrogens is 683 g/mol. The van der Waals surface area contributed by atoms with Crippen LogP contribution in [0.2, 0.25) is 5.02 Å². The molecule has 0 aliphatic carbocycles. The van der Waals surface area contributed by atoms with Gasteiger partial charge in [-0.3, -0.25) is 0 Å². The van der Waals surface area contributed by atoms with Gasteiger partial charge >= 0.3 is 51.4 Å². The van der Waals surface area contributed by atoms with Crippen molar-refractivity contribution in [2.24, 2.45) is 0 Å². The molecular formula is C44H45ClKO5-. The van der Waals surface area contributed by atoms with E-state index in [9.17, 15) is 5.11 Å². The summed E-state index contributed by atoms with van der Waals surface area (Å²) < 4.78 is 27.0. The Kier molecular flexibility index (Phi) is 16.0. The van der Waals surface area contributed by atoms with Crippen LogP contribution in [-0.4, -0.2) is 29.5 Å². The summed E-state index contributed by atoms with van der Waals surface area (Å²) in [6.45, 7) is 7.09. The molecule has 6 rings (SSSR count). The van der Waals surface area contributed by atoms with Gasteiger partial charge in [0.15, 0.2) is 0 Å². The number of aliphatic hydroxyl groups excluding tert-OH is 1. The molecule has 1 fully saturated rings. The molecule has 1 aliphatic rings. The first-order valence-electron chi connectivity index (χ1n) is 17.3. The molecule has 7 heteroatoms. The average Bonchev–Trinajstić information content (AvgIpc) is 3.17. The van der Waals surface area contributed by atoms with Crippen LogP contribution in [0.5, 0.6) is 0 Å². The summed E-state index contributed by atoms with van der Waals surface area (Å²) >= 11 is 6.88. The maximum atomic E-state index is 10.7. The van der Waals surface area contributed by atoms with E-state index >= 15 is 0 Å². The zero-order valence-electron chi connectivity index (χ0n) is 29.5. The second-order valence-electron chi connectivity index (χ2n) is 12.9. The fraction of sp³-hybridized carbons (Fsp3) is 0.295. The molecule has 0 bridgehead atoms. The minimum atomic E-state index is -0.570. The Hall–Kier alpha value is -2.17. The first-order chi connectivity index (χ1) is 24.5. The van der Waals surface area contributed by atoms with Crippen molar-refractivity contribution in [1.82, 2.24) is 0 Å². The number of hydrogen-bond acceptors (Lipinski definition) is 5. The fourth-order valence-electron chi connectivity index (χ4n) is 6.43. The van der Waals surface area contributed by atoms with E-state index in [0.29, 0.717) is 49.7 Å². The van der Waals surface area contributed by atoms with Gasteiger partial charge in [-0.25, -0.2) is 0 Å². The molecule has 51 heavy (non-hydrogen) atoms. The summed E-state index contributed by atoms with van der Waals surface area (Å²) in [4.78, 5) is 0. The number of ether oxygens (including phenoxy) is 4.